The molecule has 0 radical (unpaired) electrons. The van der Waals surface area contributed by atoms with Gasteiger partial charge >= 0.3 is 0 Å². The van der Waals surface area contributed by atoms with E-state index >= 15 is 0 Å². The lowest BCUT2D eigenvalue weighted by Crippen LogP contribution is -2.43. The molecule has 0 aliphatic carbocycles. The summed E-state index contributed by atoms with van der Waals surface area (Å²) >= 11 is 1.30. The van der Waals surface area contributed by atoms with Crippen LogP contribution in [0, 0.1) is 17.7 Å². The van der Waals surface area contributed by atoms with Crippen molar-refractivity contribution in [3.05, 3.63) is 64.8 Å². The Labute approximate surface area is 205 Å². The van der Waals surface area contributed by atoms with Crippen LogP contribution in [-0.2, 0) is 9.59 Å². The highest BCUT2D eigenvalue weighted by Crippen LogP contribution is 2.42. The molecule has 7 heteroatoms. The number of benzene rings is 2. The minimum absolute atomic E-state index is 0.0667. The molecule has 2 amide bonds. The number of halogens is 1. The zero-order valence-corrected chi connectivity index (χ0v) is 20.6. The molecule has 2 atom stereocenters. The first-order chi connectivity index (χ1) is 16.4. The largest absolute Gasteiger partial charge is 0.355 e. The summed E-state index contributed by atoms with van der Waals surface area (Å²) in [5.41, 5.74) is 1.05. The maximum Gasteiger partial charge on any atom is 0.265 e. The number of rotatable bonds is 7. The van der Waals surface area contributed by atoms with Crippen LogP contribution in [0.2, 0.25) is 0 Å². The summed E-state index contributed by atoms with van der Waals surface area (Å²) in [7, 11) is 0. The summed E-state index contributed by atoms with van der Waals surface area (Å²) in [5.74, 6) is 0.559. The zero-order valence-electron chi connectivity index (χ0n) is 19.8. The van der Waals surface area contributed by atoms with Crippen molar-refractivity contribution in [2.45, 2.75) is 31.6 Å². The van der Waals surface area contributed by atoms with Gasteiger partial charge in [-0.1, -0.05) is 55.9 Å². The first kappa shape index (κ1) is 24.5. The van der Waals surface area contributed by atoms with Gasteiger partial charge in [-0.2, -0.15) is 0 Å². The quantitative estimate of drug-likeness (QED) is 0.456. The van der Waals surface area contributed by atoms with E-state index in [1.807, 2.05) is 24.3 Å². The SMILES string of the molecule is C[C@H]1C[C@H](C)CN(CCCNC(=O)CN2C(=O)/C(=C/c3ccccc3F)Sc3ccccc32)C1. The molecule has 34 heavy (non-hydrogen) atoms. The standard InChI is InChI=1S/C27H32FN3O2S/c1-19-14-20(2)17-30(16-19)13-7-12-29-26(32)18-31-23-10-5-6-11-24(23)34-25(27(31)33)15-21-8-3-4-9-22(21)28/h3-6,8-11,15,19-20H,7,12-14,16-18H2,1-2H3,(H,29,32)/b25-15-/t19-,20-/m0/s1. The topological polar surface area (TPSA) is 52.7 Å². The number of para-hydroxylation sites is 1. The minimum Gasteiger partial charge on any atom is -0.355 e. The van der Waals surface area contributed by atoms with Crippen molar-refractivity contribution < 1.29 is 14.0 Å². The Bertz CT molecular complexity index is 1060. The van der Waals surface area contributed by atoms with E-state index in [-0.39, 0.29) is 24.2 Å². The minimum atomic E-state index is -0.385. The summed E-state index contributed by atoms with van der Waals surface area (Å²) < 4.78 is 14.2. The molecule has 2 heterocycles. The monoisotopic (exact) mass is 481 g/mol. The predicted molar refractivity (Wildman–Crippen MR) is 136 cm³/mol. The number of piperidine rings is 1. The van der Waals surface area contributed by atoms with Crippen molar-refractivity contribution in [2.24, 2.45) is 11.8 Å². The van der Waals surface area contributed by atoms with Gasteiger partial charge in [-0.25, -0.2) is 4.39 Å². The maximum absolute atomic E-state index is 14.2. The van der Waals surface area contributed by atoms with Crippen LogP contribution in [0.4, 0.5) is 10.1 Å². The molecule has 180 valence electrons. The summed E-state index contributed by atoms with van der Waals surface area (Å²) in [6, 6.07) is 13.8. The van der Waals surface area contributed by atoms with Crippen LogP contribution < -0.4 is 10.2 Å². The van der Waals surface area contributed by atoms with Gasteiger partial charge < -0.3 is 10.2 Å². The number of carbonyl (C=O) groups excluding carboxylic acids is 2. The maximum atomic E-state index is 14.2. The van der Waals surface area contributed by atoms with Gasteiger partial charge in [0.05, 0.1) is 10.6 Å². The molecule has 0 bridgehead atoms. The van der Waals surface area contributed by atoms with Gasteiger partial charge in [0.1, 0.15) is 12.4 Å². The number of likely N-dealkylation sites (tertiary alicyclic amines) is 1. The van der Waals surface area contributed by atoms with E-state index in [0.717, 1.165) is 31.0 Å². The number of fused-ring (bicyclic) bond motifs is 1. The van der Waals surface area contributed by atoms with E-state index in [4.69, 9.17) is 0 Å². The summed E-state index contributed by atoms with van der Waals surface area (Å²) in [4.78, 5) is 31.2. The highest BCUT2D eigenvalue weighted by Gasteiger charge is 2.30. The smallest absolute Gasteiger partial charge is 0.265 e. The second-order valence-electron chi connectivity index (χ2n) is 9.40. The fourth-order valence-electron chi connectivity index (χ4n) is 4.86. The van der Waals surface area contributed by atoms with Crippen molar-refractivity contribution in [2.75, 3.05) is 37.6 Å². The number of carbonyl (C=O) groups is 2. The summed E-state index contributed by atoms with van der Waals surface area (Å²) in [6.45, 7) is 8.30. The van der Waals surface area contributed by atoms with Crippen molar-refractivity contribution in [1.82, 2.24) is 10.2 Å². The molecule has 0 spiro atoms. The van der Waals surface area contributed by atoms with Gasteiger partial charge in [0.15, 0.2) is 0 Å². The fourth-order valence-corrected chi connectivity index (χ4v) is 5.91. The van der Waals surface area contributed by atoms with E-state index < -0.39 is 0 Å². The first-order valence-corrected chi connectivity index (χ1v) is 12.8. The van der Waals surface area contributed by atoms with Crippen LogP contribution in [-0.4, -0.2) is 49.4 Å². The number of nitrogens with one attached hydrogen (secondary N) is 1. The Kier molecular flexibility index (Phi) is 8.06. The Balaban J connectivity index is 1.38. The van der Waals surface area contributed by atoms with Gasteiger partial charge in [-0.15, -0.1) is 0 Å². The van der Waals surface area contributed by atoms with Gasteiger partial charge in [0.25, 0.3) is 5.91 Å². The highest BCUT2D eigenvalue weighted by atomic mass is 32.2. The molecule has 5 nitrogen and oxygen atoms in total. The lowest BCUT2D eigenvalue weighted by Gasteiger charge is -2.35. The molecule has 0 saturated carbocycles. The lowest BCUT2D eigenvalue weighted by atomic mass is 9.92. The summed E-state index contributed by atoms with van der Waals surface area (Å²) in [5, 5.41) is 2.97. The van der Waals surface area contributed by atoms with Crippen LogP contribution in [0.3, 0.4) is 0 Å². The molecule has 2 aromatic rings. The second kappa shape index (κ2) is 11.2. The predicted octanol–water partition coefficient (Wildman–Crippen LogP) is 4.79. The molecule has 1 fully saturated rings. The van der Waals surface area contributed by atoms with E-state index in [1.165, 1.54) is 29.1 Å². The second-order valence-corrected chi connectivity index (χ2v) is 10.5. The molecule has 0 unspecified atom stereocenters. The Hall–Kier alpha value is -2.64. The first-order valence-electron chi connectivity index (χ1n) is 11.9. The fraction of sp³-hybridized carbons (Fsp3) is 0.407. The van der Waals surface area contributed by atoms with Gasteiger partial charge in [-0.3, -0.25) is 14.5 Å². The molecule has 1 N–H and O–H groups in total. The van der Waals surface area contributed by atoms with E-state index in [0.29, 0.717) is 34.5 Å². The number of hydrogen-bond acceptors (Lipinski definition) is 4. The number of hydrogen-bond donors (Lipinski definition) is 1. The Morgan fingerprint density at radius 2 is 1.82 bits per heavy atom. The highest BCUT2D eigenvalue weighted by molar-refractivity contribution is 8.04. The molecule has 2 aromatic carbocycles. The van der Waals surface area contributed by atoms with Crippen molar-refractivity contribution in [3.8, 4) is 0 Å². The van der Waals surface area contributed by atoms with Gasteiger partial charge in [0.2, 0.25) is 5.91 Å². The number of thioether (sulfide) groups is 1. The molecular formula is C27H32FN3O2S. The lowest BCUT2D eigenvalue weighted by molar-refractivity contribution is -0.122. The molecular weight excluding hydrogens is 449 g/mol. The molecule has 0 aromatic heterocycles. The third-order valence-electron chi connectivity index (χ3n) is 6.24. The average molecular weight is 482 g/mol. The average Bonchev–Trinajstić information content (AvgIpc) is 2.80. The zero-order chi connectivity index (χ0) is 24.1. The van der Waals surface area contributed by atoms with Crippen molar-refractivity contribution >= 4 is 35.3 Å². The number of anilines is 1. The molecule has 1 saturated heterocycles. The van der Waals surface area contributed by atoms with Crippen LogP contribution in [0.25, 0.3) is 6.08 Å². The summed E-state index contributed by atoms with van der Waals surface area (Å²) in [6.07, 6.45) is 3.72. The number of amides is 2. The number of nitrogens with zero attached hydrogens (tertiary/aromatic N) is 2. The van der Waals surface area contributed by atoms with E-state index in [2.05, 4.69) is 24.1 Å². The molecule has 4 rings (SSSR count). The van der Waals surface area contributed by atoms with E-state index in [9.17, 15) is 14.0 Å². The normalized spacial score (nSPS) is 22.0. The van der Waals surface area contributed by atoms with Gasteiger partial charge in [0, 0.05) is 30.1 Å². The Morgan fingerprint density at radius 3 is 2.59 bits per heavy atom. The van der Waals surface area contributed by atoms with E-state index in [1.54, 1.807) is 24.3 Å². The van der Waals surface area contributed by atoms with Gasteiger partial charge in [-0.05, 0) is 55.5 Å². The van der Waals surface area contributed by atoms with Crippen LogP contribution in [0.15, 0.2) is 58.3 Å². The Morgan fingerprint density at radius 1 is 1.12 bits per heavy atom. The third kappa shape index (κ3) is 6.07. The third-order valence-corrected chi connectivity index (χ3v) is 7.32. The van der Waals surface area contributed by atoms with Crippen molar-refractivity contribution in [3.63, 3.8) is 0 Å². The molecule has 2 aliphatic rings. The van der Waals surface area contributed by atoms with Crippen LogP contribution in [0.5, 0.6) is 0 Å². The molecule has 2 aliphatic heterocycles. The van der Waals surface area contributed by atoms with Crippen LogP contribution in [0.1, 0.15) is 32.3 Å². The van der Waals surface area contributed by atoms with Crippen molar-refractivity contribution in [1.29, 1.82) is 0 Å². The van der Waals surface area contributed by atoms with Crippen LogP contribution >= 0.6 is 11.8 Å².